The number of nitrogens with zero attached hydrogens (tertiary/aromatic N) is 4. The maximum absolute atomic E-state index is 11.8. The van der Waals surface area contributed by atoms with Crippen LogP contribution in [0.15, 0.2) is 24.4 Å². The van der Waals surface area contributed by atoms with E-state index in [1.165, 1.54) is 22.0 Å². The van der Waals surface area contributed by atoms with Crippen LogP contribution in [0.4, 0.5) is 5.82 Å². The van der Waals surface area contributed by atoms with Crippen molar-refractivity contribution < 1.29 is 44.3 Å². The summed E-state index contributed by atoms with van der Waals surface area (Å²) < 4.78 is 23.9. The van der Waals surface area contributed by atoms with Gasteiger partial charge in [0.25, 0.3) is 0 Å². The minimum Gasteiger partial charge on any atom is -0.393 e. The molecule has 5 atom stereocenters. The van der Waals surface area contributed by atoms with Crippen LogP contribution in [0, 0.1) is 6.92 Å². The van der Waals surface area contributed by atoms with Gasteiger partial charge in [-0.1, -0.05) is 23.8 Å². The number of rotatable bonds is 9. The van der Waals surface area contributed by atoms with Gasteiger partial charge in [0.1, 0.15) is 24.1 Å². The largest absolute Gasteiger partial charge is 0.393 e. The van der Waals surface area contributed by atoms with Gasteiger partial charge in [-0.25, -0.2) is 4.68 Å². The molecule has 3 heterocycles. The van der Waals surface area contributed by atoms with Crippen molar-refractivity contribution in [3.63, 3.8) is 0 Å². The molecular formula is C23H29ClN5O9P. The molecule has 2 aromatic heterocycles. The molecule has 16 heteroatoms. The van der Waals surface area contributed by atoms with Crippen molar-refractivity contribution in [2.24, 2.45) is 0 Å². The monoisotopic (exact) mass is 585 g/mol. The highest BCUT2D eigenvalue weighted by molar-refractivity contribution is 7.53. The number of nitrogens with one attached hydrogen (secondary N) is 1. The van der Waals surface area contributed by atoms with Crippen LogP contribution in [-0.2, 0) is 20.5 Å². The number of hydrogen-bond acceptors (Lipinski definition) is 11. The van der Waals surface area contributed by atoms with Crippen molar-refractivity contribution in [2.45, 2.75) is 55.7 Å². The van der Waals surface area contributed by atoms with Crippen LogP contribution in [0.2, 0.25) is 5.28 Å². The molecule has 0 bridgehead atoms. The second kappa shape index (κ2) is 10.6. The minimum atomic E-state index is -5.12. The Kier molecular flexibility index (Phi) is 7.72. The number of aliphatic hydroxyl groups excluding tert-OH is 4. The maximum Gasteiger partial charge on any atom is 0.361 e. The van der Waals surface area contributed by atoms with Crippen LogP contribution in [0.25, 0.3) is 11.0 Å². The van der Waals surface area contributed by atoms with E-state index in [1.807, 2.05) is 6.92 Å². The van der Waals surface area contributed by atoms with Crippen molar-refractivity contribution in [1.29, 1.82) is 0 Å². The number of anilines is 1. The summed E-state index contributed by atoms with van der Waals surface area (Å²) in [6, 6.07) is 6.28. The van der Waals surface area contributed by atoms with Gasteiger partial charge >= 0.3 is 7.60 Å². The number of aliphatic hydroxyl groups is 4. The third-order valence-electron chi connectivity index (χ3n) is 7.23. The molecule has 7 N–H and O–H groups in total. The molecule has 212 valence electrons. The highest BCUT2D eigenvalue weighted by atomic mass is 35.5. The fraction of sp³-hybridized carbons (Fsp3) is 0.522. The molecule has 1 aromatic carbocycles. The van der Waals surface area contributed by atoms with Gasteiger partial charge in [0.15, 0.2) is 11.9 Å². The fourth-order valence-electron chi connectivity index (χ4n) is 4.97. The number of ether oxygens (including phenoxy) is 2. The van der Waals surface area contributed by atoms with Crippen LogP contribution in [0.3, 0.4) is 0 Å². The van der Waals surface area contributed by atoms with Gasteiger partial charge in [-0.2, -0.15) is 15.1 Å². The first-order valence-corrected chi connectivity index (χ1v) is 14.2. The Bertz CT molecular complexity index is 1410. The van der Waals surface area contributed by atoms with E-state index in [9.17, 15) is 34.8 Å². The highest BCUT2D eigenvalue weighted by Crippen LogP contribution is 2.51. The van der Waals surface area contributed by atoms with Gasteiger partial charge in [-0.15, -0.1) is 0 Å². The molecule has 1 aliphatic heterocycles. The summed E-state index contributed by atoms with van der Waals surface area (Å²) in [6.07, 6.45) is -2.42. The molecule has 3 aromatic rings. The first-order chi connectivity index (χ1) is 18.5. The normalized spacial score (nSPS) is 25.4. The average Bonchev–Trinajstić information content (AvgIpc) is 3.56. The standard InChI is InChI=1S/C23H29ClN5O9P/c1-11-2-4-13-12(6-11)3-5-15(13)26-19-14-7-25-29(20(14)28-22(24)27-19)21-18(33)17(32)16(38-21)8-37-23(9-30,10-31)39(34,35)36/h2,4,6-7,15-18,21,30-33H,3,5,8-10H2,1H3,(H,26,27,28)(H2,34,35,36)/t15-,16-,17-,18-,21-/m1/s1. The van der Waals surface area contributed by atoms with Crippen molar-refractivity contribution in [1.82, 2.24) is 19.7 Å². The molecule has 0 radical (unpaired) electrons. The smallest absolute Gasteiger partial charge is 0.361 e. The number of aryl methyl sites for hydroxylation is 2. The van der Waals surface area contributed by atoms with Crippen LogP contribution < -0.4 is 5.32 Å². The third kappa shape index (κ3) is 5.06. The topological polar surface area (TPSA) is 213 Å². The quantitative estimate of drug-likeness (QED) is 0.134. The molecule has 0 saturated carbocycles. The summed E-state index contributed by atoms with van der Waals surface area (Å²) in [5, 5.41) is 45.7. The van der Waals surface area contributed by atoms with Crippen molar-refractivity contribution in [2.75, 3.05) is 25.1 Å². The molecule has 1 saturated heterocycles. The maximum atomic E-state index is 11.8. The van der Waals surface area contributed by atoms with Gasteiger partial charge in [0.05, 0.1) is 37.4 Å². The first kappa shape index (κ1) is 28.3. The van der Waals surface area contributed by atoms with Gasteiger partial charge in [-0.05, 0) is 42.5 Å². The Hall–Kier alpha value is -2.23. The van der Waals surface area contributed by atoms with Gasteiger partial charge in [-0.3, -0.25) is 4.57 Å². The fourth-order valence-corrected chi connectivity index (χ4v) is 5.75. The van der Waals surface area contributed by atoms with Crippen molar-refractivity contribution in [3.8, 4) is 0 Å². The number of benzene rings is 1. The molecule has 5 rings (SSSR count). The SMILES string of the molecule is Cc1ccc2c(c1)CC[C@H]2Nc1nc(Cl)nc2c1cnn2[C@@H]1O[C@H](COC(CO)(CO)P(=O)(O)O)[C@@H](O)[C@H]1O. The number of fused-ring (bicyclic) bond motifs is 2. The second-order valence-corrected chi connectivity index (χ2v) is 12.0. The number of halogens is 1. The van der Waals surface area contributed by atoms with E-state index in [4.69, 9.17) is 21.1 Å². The molecule has 1 fully saturated rings. The van der Waals surface area contributed by atoms with Crippen LogP contribution in [-0.4, -0.2) is 93.4 Å². The van der Waals surface area contributed by atoms with Crippen LogP contribution in [0.5, 0.6) is 0 Å². The van der Waals surface area contributed by atoms with E-state index >= 15 is 0 Å². The van der Waals surface area contributed by atoms with E-state index in [-0.39, 0.29) is 17.0 Å². The molecule has 2 aliphatic rings. The summed E-state index contributed by atoms with van der Waals surface area (Å²) >= 11 is 6.24. The zero-order valence-corrected chi connectivity index (χ0v) is 22.4. The summed E-state index contributed by atoms with van der Waals surface area (Å²) in [5.74, 6) is 0.430. The minimum absolute atomic E-state index is 0.0119. The third-order valence-corrected chi connectivity index (χ3v) is 8.88. The lowest BCUT2D eigenvalue weighted by Crippen LogP contribution is -2.44. The van der Waals surface area contributed by atoms with Crippen LogP contribution >= 0.6 is 19.2 Å². The van der Waals surface area contributed by atoms with Crippen molar-refractivity contribution in [3.05, 3.63) is 46.4 Å². The zero-order chi connectivity index (χ0) is 28.1. The van der Waals surface area contributed by atoms with E-state index in [0.29, 0.717) is 11.2 Å². The van der Waals surface area contributed by atoms with Gasteiger partial charge in [0.2, 0.25) is 10.6 Å². The van der Waals surface area contributed by atoms with Gasteiger partial charge in [0, 0.05) is 0 Å². The summed E-state index contributed by atoms with van der Waals surface area (Å²) in [6.45, 7) is -1.00. The Morgan fingerprint density at radius 1 is 1.23 bits per heavy atom. The Morgan fingerprint density at radius 3 is 2.67 bits per heavy atom. The van der Waals surface area contributed by atoms with Crippen LogP contribution in [0.1, 0.15) is 35.4 Å². The second-order valence-electron chi connectivity index (χ2n) is 9.77. The average molecular weight is 586 g/mol. The van der Waals surface area contributed by atoms with Crippen molar-refractivity contribution >= 4 is 36.0 Å². The molecule has 0 amide bonds. The number of aromatic nitrogens is 4. The zero-order valence-electron chi connectivity index (χ0n) is 20.8. The molecule has 14 nitrogen and oxygen atoms in total. The predicted octanol–water partition coefficient (Wildman–Crippen LogP) is 0.382. The van der Waals surface area contributed by atoms with Gasteiger partial charge < -0.3 is 45.0 Å². The van der Waals surface area contributed by atoms with E-state index < -0.39 is 57.3 Å². The molecule has 0 spiro atoms. The number of hydrogen-bond donors (Lipinski definition) is 7. The lowest BCUT2D eigenvalue weighted by Gasteiger charge is -2.31. The Balaban J connectivity index is 1.39. The van der Waals surface area contributed by atoms with E-state index in [2.05, 4.69) is 38.6 Å². The Morgan fingerprint density at radius 2 is 1.97 bits per heavy atom. The van der Waals surface area contributed by atoms with E-state index in [0.717, 1.165) is 18.4 Å². The Labute approximate surface area is 227 Å². The molecule has 1 aliphatic carbocycles. The summed E-state index contributed by atoms with van der Waals surface area (Å²) in [4.78, 5) is 27.6. The summed E-state index contributed by atoms with van der Waals surface area (Å²) in [5.41, 5.74) is 3.82. The molecule has 39 heavy (non-hydrogen) atoms. The lowest BCUT2D eigenvalue weighted by atomic mass is 10.1. The first-order valence-electron chi connectivity index (χ1n) is 12.2. The van der Waals surface area contributed by atoms with E-state index in [1.54, 1.807) is 0 Å². The highest BCUT2D eigenvalue weighted by Gasteiger charge is 2.51. The summed E-state index contributed by atoms with van der Waals surface area (Å²) in [7, 11) is -5.12. The molecule has 0 unspecified atom stereocenters. The lowest BCUT2D eigenvalue weighted by molar-refractivity contribution is -0.121. The predicted molar refractivity (Wildman–Crippen MR) is 137 cm³/mol. The molecular weight excluding hydrogens is 557 g/mol.